The lowest BCUT2D eigenvalue weighted by Gasteiger charge is -1.94. The zero-order valence-electron chi connectivity index (χ0n) is 7.86. The van der Waals surface area contributed by atoms with Crippen LogP contribution in [0, 0.1) is 0 Å². The average Bonchev–Trinajstić information content (AvgIpc) is 2.77. The second-order valence-electron chi connectivity index (χ2n) is 2.97. The zero-order chi connectivity index (χ0) is 9.97. The van der Waals surface area contributed by atoms with Crippen molar-refractivity contribution in [2.75, 3.05) is 0 Å². The minimum Gasteiger partial charge on any atom is -0.313 e. The number of rotatable bonds is 3. The molecule has 2 heterocycles. The Bertz CT molecular complexity index is 468. The van der Waals surface area contributed by atoms with Gasteiger partial charge in [-0.25, -0.2) is 9.78 Å². The highest BCUT2D eigenvalue weighted by molar-refractivity contribution is 7.11. The number of imidazole rings is 1. The molecule has 0 aliphatic carbocycles. The summed E-state index contributed by atoms with van der Waals surface area (Å²) >= 11 is 1.66. The van der Waals surface area contributed by atoms with Crippen molar-refractivity contribution in [3.63, 3.8) is 0 Å². The summed E-state index contributed by atoms with van der Waals surface area (Å²) in [7, 11) is 0. The van der Waals surface area contributed by atoms with E-state index in [9.17, 15) is 4.79 Å². The van der Waals surface area contributed by atoms with E-state index < -0.39 is 0 Å². The molecule has 0 saturated carbocycles. The van der Waals surface area contributed by atoms with Crippen LogP contribution in [0.1, 0.15) is 16.8 Å². The highest BCUT2D eigenvalue weighted by Crippen LogP contribution is 2.13. The van der Waals surface area contributed by atoms with Crippen LogP contribution in [0.4, 0.5) is 0 Å². The van der Waals surface area contributed by atoms with Crippen molar-refractivity contribution in [3.8, 4) is 0 Å². The Morgan fingerprint density at radius 1 is 1.64 bits per heavy atom. The van der Waals surface area contributed by atoms with E-state index in [4.69, 9.17) is 0 Å². The van der Waals surface area contributed by atoms with E-state index in [1.165, 1.54) is 4.88 Å². The van der Waals surface area contributed by atoms with Crippen LogP contribution in [0.15, 0.2) is 23.4 Å². The van der Waals surface area contributed by atoms with Gasteiger partial charge in [0.05, 0.1) is 6.54 Å². The van der Waals surface area contributed by atoms with E-state index in [0.717, 1.165) is 11.4 Å². The normalized spacial score (nSPS) is 10.6. The SMILES string of the molecule is CCc1cnc(Cn2cc[nH]c2=O)s1. The minimum absolute atomic E-state index is 0.0850. The van der Waals surface area contributed by atoms with E-state index >= 15 is 0 Å². The van der Waals surface area contributed by atoms with Gasteiger partial charge >= 0.3 is 5.69 Å². The van der Waals surface area contributed by atoms with Gasteiger partial charge in [0.2, 0.25) is 0 Å². The molecule has 0 atom stereocenters. The molecule has 2 aromatic rings. The summed E-state index contributed by atoms with van der Waals surface area (Å²) in [5.74, 6) is 0. The molecule has 5 heteroatoms. The molecule has 2 rings (SSSR count). The van der Waals surface area contributed by atoms with Crippen molar-refractivity contribution in [1.29, 1.82) is 0 Å². The zero-order valence-corrected chi connectivity index (χ0v) is 8.67. The smallest absolute Gasteiger partial charge is 0.313 e. The van der Waals surface area contributed by atoms with Crippen LogP contribution in [0.5, 0.6) is 0 Å². The molecule has 14 heavy (non-hydrogen) atoms. The molecule has 0 radical (unpaired) electrons. The third-order valence-electron chi connectivity index (χ3n) is 1.98. The first-order chi connectivity index (χ1) is 6.79. The fourth-order valence-electron chi connectivity index (χ4n) is 1.20. The molecule has 0 aliphatic heterocycles. The van der Waals surface area contributed by atoms with Crippen molar-refractivity contribution in [2.24, 2.45) is 0 Å². The van der Waals surface area contributed by atoms with Crippen LogP contribution in [0.2, 0.25) is 0 Å². The molecule has 0 saturated heterocycles. The monoisotopic (exact) mass is 209 g/mol. The number of thiazole rings is 1. The molecule has 0 spiro atoms. The van der Waals surface area contributed by atoms with Gasteiger partial charge in [-0.1, -0.05) is 6.92 Å². The summed E-state index contributed by atoms with van der Waals surface area (Å²) in [6.45, 7) is 2.66. The molecule has 1 N–H and O–H groups in total. The van der Waals surface area contributed by atoms with E-state index in [1.807, 2.05) is 6.20 Å². The number of hydrogen-bond donors (Lipinski definition) is 1. The summed E-state index contributed by atoms with van der Waals surface area (Å²) in [4.78, 5) is 19.3. The van der Waals surface area contributed by atoms with Gasteiger partial charge in [0.25, 0.3) is 0 Å². The van der Waals surface area contributed by atoms with Gasteiger partial charge in [0.1, 0.15) is 5.01 Å². The number of aromatic amines is 1. The average molecular weight is 209 g/mol. The maximum atomic E-state index is 11.2. The van der Waals surface area contributed by atoms with E-state index in [2.05, 4.69) is 16.9 Å². The molecule has 0 amide bonds. The Kier molecular flexibility index (Phi) is 2.49. The van der Waals surface area contributed by atoms with Crippen LogP contribution >= 0.6 is 11.3 Å². The van der Waals surface area contributed by atoms with Gasteiger partial charge in [-0.2, -0.15) is 0 Å². The largest absolute Gasteiger partial charge is 0.325 e. The van der Waals surface area contributed by atoms with E-state index in [-0.39, 0.29) is 5.69 Å². The molecule has 0 fully saturated rings. The third-order valence-corrected chi connectivity index (χ3v) is 3.10. The van der Waals surface area contributed by atoms with Gasteiger partial charge in [0, 0.05) is 23.5 Å². The predicted molar refractivity (Wildman–Crippen MR) is 55.6 cm³/mol. The maximum Gasteiger partial charge on any atom is 0.325 e. The van der Waals surface area contributed by atoms with Crippen LogP contribution < -0.4 is 5.69 Å². The minimum atomic E-state index is -0.0850. The highest BCUT2D eigenvalue weighted by atomic mass is 32.1. The molecule has 4 nitrogen and oxygen atoms in total. The van der Waals surface area contributed by atoms with Gasteiger partial charge < -0.3 is 4.98 Å². The lowest BCUT2D eigenvalue weighted by molar-refractivity contribution is 0.756. The lowest BCUT2D eigenvalue weighted by atomic mass is 10.4. The predicted octanol–water partition coefficient (Wildman–Crippen LogP) is 1.24. The Morgan fingerprint density at radius 2 is 2.50 bits per heavy atom. The number of H-pyrrole nitrogens is 1. The number of nitrogens with zero attached hydrogens (tertiary/aromatic N) is 2. The highest BCUT2D eigenvalue weighted by Gasteiger charge is 2.02. The Hall–Kier alpha value is -1.36. The summed E-state index contributed by atoms with van der Waals surface area (Å²) in [5.41, 5.74) is -0.0850. The van der Waals surface area contributed by atoms with Crippen molar-refractivity contribution in [1.82, 2.24) is 14.5 Å². The number of nitrogens with one attached hydrogen (secondary N) is 1. The number of aromatic nitrogens is 3. The Morgan fingerprint density at radius 3 is 3.07 bits per heavy atom. The van der Waals surface area contributed by atoms with E-state index in [0.29, 0.717) is 6.54 Å². The summed E-state index contributed by atoms with van der Waals surface area (Å²) in [5, 5.41) is 0.976. The summed E-state index contributed by atoms with van der Waals surface area (Å²) in [6.07, 6.45) is 6.24. The Balaban J connectivity index is 2.19. The van der Waals surface area contributed by atoms with Gasteiger partial charge in [0.15, 0.2) is 0 Å². The summed E-state index contributed by atoms with van der Waals surface area (Å²) < 4.78 is 1.61. The number of aryl methyl sites for hydroxylation is 1. The summed E-state index contributed by atoms with van der Waals surface area (Å²) in [6, 6.07) is 0. The van der Waals surface area contributed by atoms with Crippen molar-refractivity contribution in [3.05, 3.63) is 39.0 Å². The van der Waals surface area contributed by atoms with Crippen LogP contribution in [-0.2, 0) is 13.0 Å². The number of hydrogen-bond acceptors (Lipinski definition) is 3. The first kappa shape index (κ1) is 9.21. The van der Waals surface area contributed by atoms with Crippen molar-refractivity contribution >= 4 is 11.3 Å². The van der Waals surface area contributed by atoms with Crippen LogP contribution in [0.3, 0.4) is 0 Å². The fourth-order valence-corrected chi connectivity index (χ4v) is 2.07. The quantitative estimate of drug-likeness (QED) is 0.827. The second-order valence-corrected chi connectivity index (χ2v) is 4.17. The maximum absolute atomic E-state index is 11.2. The van der Waals surface area contributed by atoms with Gasteiger partial charge in [-0.05, 0) is 6.42 Å². The standard InChI is InChI=1S/C9H11N3OS/c1-2-7-5-11-8(14-7)6-12-4-3-10-9(12)13/h3-5H,2,6H2,1H3,(H,10,13). The molecule has 0 aliphatic rings. The molecular weight excluding hydrogens is 198 g/mol. The Labute approximate surface area is 85.2 Å². The molecular formula is C9H11N3OS. The van der Waals surface area contributed by atoms with Crippen molar-refractivity contribution in [2.45, 2.75) is 19.9 Å². The van der Waals surface area contributed by atoms with Crippen molar-refractivity contribution < 1.29 is 0 Å². The molecule has 74 valence electrons. The fraction of sp³-hybridized carbons (Fsp3) is 0.333. The van der Waals surface area contributed by atoms with Crippen LogP contribution in [0.25, 0.3) is 0 Å². The topological polar surface area (TPSA) is 50.7 Å². The van der Waals surface area contributed by atoms with Gasteiger partial charge in [-0.15, -0.1) is 11.3 Å². The lowest BCUT2D eigenvalue weighted by Crippen LogP contribution is -2.16. The third kappa shape index (κ3) is 1.77. The van der Waals surface area contributed by atoms with E-state index in [1.54, 1.807) is 28.3 Å². The molecule has 2 aromatic heterocycles. The first-order valence-electron chi connectivity index (χ1n) is 4.47. The van der Waals surface area contributed by atoms with Crippen LogP contribution in [-0.4, -0.2) is 14.5 Å². The second kappa shape index (κ2) is 3.79. The first-order valence-corrected chi connectivity index (χ1v) is 5.28. The van der Waals surface area contributed by atoms with Gasteiger partial charge in [-0.3, -0.25) is 4.57 Å². The molecule has 0 unspecified atom stereocenters. The molecule has 0 bridgehead atoms. The molecule has 0 aromatic carbocycles.